The summed E-state index contributed by atoms with van der Waals surface area (Å²) in [7, 11) is 0. The summed E-state index contributed by atoms with van der Waals surface area (Å²) in [6.45, 7) is 6.80. The molecule has 0 spiro atoms. The molecule has 5 heteroatoms. The van der Waals surface area contributed by atoms with Crippen molar-refractivity contribution in [3.05, 3.63) is 23.4 Å². The Bertz CT molecular complexity index is 421. The van der Waals surface area contributed by atoms with Crippen molar-refractivity contribution in [3.63, 3.8) is 0 Å². The van der Waals surface area contributed by atoms with Crippen LogP contribution in [0.1, 0.15) is 27.2 Å². The summed E-state index contributed by atoms with van der Waals surface area (Å²) in [6, 6.07) is 0. The highest BCUT2D eigenvalue weighted by atomic mass is 16.4. The van der Waals surface area contributed by atoms with Gasteiger partial charge in [-0.2, -0.15) is 0 Å². The average molecular weight is 253 g/mol. The number of carboxylic acid groups (broad SMARTS) is 2. The van der Waals surface area contributed by atoms with Gasteiger partial charge >= 0.3 is 11.9 Å². The lowest BCUT2D eigenvalue weighted by Gasteiger charge is -2.31. The fourth-order valence-electron chi connectivity index (χ4n) is 2.07. The van der Waals surface area contributed by atoms with Crippen molar-refractivity contribution < 1.29 is 19.8 Å². The van der Waals surface area contributed by atoms with Crippen LogP contribution in [0.2, 0.25) is 0 Å². The van der Waals surface area contributed by atoms with Crippen LogP contribution in [0.5, 0.6) is 0 Å². The molecule has 0 aliphatic heterocycles. The van der Waals surface area contributed by atoms with Crippen LogP contribution in [0, 0.1) is 5.41 Å². The second-order valence-corrected chi connectivity index (χ2v) is 4.57. The lowest BCUT2D eigenvalue weighted by Crippen LogP contribution is -2.33. The summed E-state index contributed by atoms with van der Waals surface area (Å²) in [5.74, 6) is -2.05. The zero-order chi connectivity index (χ0) is 13.9. The first-order chi connectivity index (χ1) is 8.35. The van der Waals surface area contributed by atoms with Crippen LogP contribution in [-0.4, -0.2) is 40.1 Å². The largest absolute Gasteiger partial charge is 0.481 e. The van der Waals surface area contributed by atoms with Crippen LogP contribution in [0.4, 0.5) is 0 Å². The number of hydrogen-bond acceptors (Lipinski definition) is 3. The molecule has 100 valence electrons. The number of likely N-dealkylation sites (N-methyl/N-ethyl adjacent to an activating group) is 1. The van der Waals surface area contributed by atoms with Crippen molar-refractivity contribution in [1.29, 1.82) is 0 Å². The molecule has 0 saturated heterocycles. The molecule has 1 aliphatic carbocycles. The van der Waals surface area contributed by atoms with E-state index in [-0.39, 0.29) is 12.0 Å². The van der Waals surface area contributed by atoms with Gasteiger partial charge in [-0.05, 0) is 26.8 Å². The van der Waals surface area contributed by atoms with Crippen LogP contribution in [0.15, 0.2) is 23.4 Å². The Morgan fingerprint density at radius 1 is 1.33 bits per heavy atom. The third-order valence-electron chi connectivity index (χ3n) is 3.31. The molecule has 0 aromatic rings. The van der Waals surface area contributed by atoms with Gasteiger partial charge < -0.3 is 15.1 Å². The fourth-order valence-corrected chi connectivity index (χ4v) is 2.07. The third-order valence-corrected chi connectivity index (χ3v) is 3.31. The SMILES string of the molecule is CCN(CC)C1=C(C(=O)O)CC(C)(C(=O)O)C=C1. The van der Waals surface area contributed by atoms with Crippen LogP contribution in [0.3, 0.4) is 0 Å². The lowest BCUT2D eigenvalue weighted by atomic mass is 9.79. The van der Waals surface area contributed by atoms with Crippen LogP contribution < -0.4 is 0 Å². The van der Waals surface area contributed by atoms with E-state index in [2.05, 4.69) is 0 Å². The van der Waals surface area contributed by atoms with Gasteiger partial charge in [-0.25, -0.2) is 4.79 Å². The summed E-state index contributed by atoms with van der Waals surface area (Å²) in [6.07, 6.45) is 3.21. The van der Waals surface area contributed by atoms with Crippen molar-refractivity contribution >= 4 is 11.9 Å². The number of nitrogens with zero attached hydrogens (tertiary/aromatic N) is 1. The van der Waals surface area contributed by atoms with Crippen LogP contribution >= 0.6 is 0 Å². The molecular weight excluding hydrogens is 234 g/mol. The molecular formula is C13H19NO4. The quantitative estimate of drug-likeness (QED) is 0.780. The van der Waals surface area contributed by atoms with Gasteiger partial charge in [0, 0.05) is 25.2 Å². The molecule has 0 fully saturated rings. The lowest BCUT2D eigenvalue weighted by molar-refractivity contribution is -0.145. The van der Waals surface area contributed by atoms with E-state index < -0.39 is 17.4 Å². The minimum atomic E-state index is -1.13. The minimum absolute atomic E-state index is 0.0139. The van der Waals surface area contributed by atoms with E-state index in [1.807, 2.05) is 18.7 Å². The molecule has 0 heterocycles. The molecule has 0 aromatic heterocycles. The van der Waals surface area contributed by atoms with Gasteiger partial charge in [0.25, 0.3) is 0 Å². The Morgan fingerprint density at radius 2 is 1.89 bits per heavy atom. The smallest absolute Gasteiger partial charge is 0.333 e. The van der Waals surface area contributed by atoms with Gasteiger partial charge in [-0.3, -0.25) is 4.79 Å². The maximum absolute atomic E-state index is 11.3. The van der Waals surface area contributed by atoms with Crippen molar-refractivity contribution in [2.75, 3.05) is 13.1 Å². The van der Waals surface area contributed by atoms with E-state index in [0.717, 1.165) is 0 Å². The van der Waals surface area contributed by atoms with E-state index >= 15 is 0 Å². The molecule has 1 aliphatic rings. The third kappa shape index (κ3) is 2.55. The summed E-state index contributed by atoms with van der Waals surface area (Å²) < 4.78 is 0. The normalized spacial score (nSPS) is 23.1. The average Bonchev–Trinajstić information content (AvgIpc) is 2.32. The Hall–Kier alpha value is -1.78. The molecule has 0 bridgehead atoms. The zero-order valence-electron chi connectivity index (χ0n) is 10.9. The van der Waals surface area contributed by atoms with E-state index in [1.54, 1.807) is 12.2 Å². The Kier molecular flexibility index (Phi) is 4.16. The number of rotatable bonds is 5. The number of aliphatic carboxylic acids is 2. The molecule has 0 aromatic carbocycles. The number of allylic oxidation sites excluding steroid dienone is 1. The van der Waals surface area contributed by atoms with E-state index in [0.29, 0.717) is 18.8 Å². The summed E-state index contributed by atoms with van der Waals surface area (Å²) >= 11 is 0. The summed E-state index contributed by atoms with van der Waals surface area (Å²) in [4.78, 5) is 24.4. The highest BCUT2D eigenvalue weighted by Gasteiger charge is 2.37. The summed E-state index contributed by atoms with van der Waals surface area (Å²) in [5, 5.41) is 18.4. The predicted molar refractivity (Wildman–Crippen MR) is 67.1 cm³/mol. The molecule has 18 heavy (non-hydrogen) atoms. The van der Waals surface area contributed by atoms with Crippen molar-refractivity contribution in [2.45, 2.75) is 27.2 Å². The molecule has 0 radical (unpaired) electrons. The highest BCUT2D eigenvalue weighted by Crippen LogP contribution is 2.35. The summed E-state index contributed by atoms with van der Waals surface area (Å²) in [5.41, 5.74) is -0.345. The van der Waals surface area contributed by atoms with Gasteiger partial charge in [-0.1, -0.05) is 6.08 Å². The first kappa shape index (κ1) is 14.3. The number of carbonyl (C=O) groups is 2. The highest BCUT2D eigenvalue weighted by molar-refractivity contribution is 5.91. The van der Waals surface area contributed by atoms with Gasteiger partial charge in [0.1, 0.15) is 0 Å². The van der Waals surface area contributed by atoms with Crippen molar-refractivity contribution in [3.8, 4) is 0 Å². The zero-order valence-corrected chi connectivity index (χ0v) is 10.9. The maximum Gasteiger partial charge on any atom is 0.333 e. The van der Waals surface area contributed by atoms with Crippen molar-refractivity contribution in [2.24, 2.45) is 5.41 Å². The topological polar surface area (TPSA) is 77.8 Å². The molecule has 1 rings (SSSR count). The Morgan fingerprint density at radius 3 is 2.28 bits per heavy atom. The number of carboxylic acids is 2. The van der Waals surface area contributed by atoms with Gasteiger partial charge in [0.15, 0.2) is 0 Å². The molecule has 1 atom stereocenters. The van der Waals surface area contributed by atoms with Gasteiger partial charge in [-0.15, -0.1) is 0 Å². The first-order valence-electron chi connectivity index (χ1n) is 5.99. The van der Waals surface area contributed by atoms with Crippen molar-refractivity contribution in [1.82, 2.24) is 4.90 Å². The van der Waals surface area contributed by atoms with E-state index in [4.69, 9.17) is 5.11 Å². The molecule has 2 N–H and O–H groups in total. The van der Waals surface area contributed by atoms with Crippen LogP contribution in [0.25, 0.3) is 0 Å². The van der Waals surface area contributed by atoms with Crippen LogP contribution in [-0.2, 0) is 9.59 Å². The second-order valence-electron chi connectivity index (χ2n) is 4.57. The van der Waals surface area contributed by atoms with Gasteiger partial charge in [0.05, 0.1) is 11.0 Å². The Balaban J connectivity index is 3.20. The molecule has 5 nitrogen and oxygen atoms in total. The number of hydrogen-bond donors (Lipinski definition) is 2. The van der Waals surface area contributed by atoms with E-state index in [9.17, 15) is 14.7 Å². The van der Waals surface area contributed by atoms with Gasteiger partial charge in [0.2, 0.25) is 0 Å². The standard InChI is InChI=1S/C13H19NO4/c1-4-14(5-2)10-6-7-13(3,12(17)18)8-9(10)11(15)16/h6-7H,4-5,8H2,1-3H3,(H,15,16)(H,17,18). The molecule has 0 amide bonds. The van der Waals surface area contributed by atoms with E-state index in [1.165, 1.54) is 6.92 Å². The molecule has 1 unspecified atom stereocenters. The predicted octanol–water partition coefficient (Wildman–Crippen LogP) is 1.72. The monoisotopic (exact) mass is 253 g/mol. The fraction of sp³-hybridized carbons (Fsp3) is 0.538. The second kappa shape index (κ2) is 5.25. The Labute approximate surface area is 106 Å². The minimum Gasteiger partial charge on any atom is -0.481 e. The maximum atomic E-state index is 11.3. The molecule has 0 saturated carbocycles. The first-order valence-corrected chi connectivity index (χ1v) is 5.99.